The van der Waals surface area contributed by atoms with Crippen LogP contribution in [0.3, 0.4) is 0 Å². The van der Waals surface area contributed by atoms with E-state index in [1.54, 1.807) is 12.1 Å². The second-order valence-corrected chi connectivity index (χ2v) is 5.00. The number of anilines is 1. The molecule has 0 saturated heterocycles. The molecule has 0 unspecified atom stereocenters. The summed E-state index contributed by atoms with van der Waals surface area (Å²) in [6.45, 7) is 5.23. The van der Waals surface area contributed by atoms with Gasteiger partial charge < -0.3 is 5.32 Å². The fourth-order valence-corrected chi connectivity index (χ4v) is 2.35. The fraction of sp³-hybridized carbons (Fsp3) is 0.500. The predicted molar refractivity (Wildman–Crippen MR) is 74.9 cm³/mol. The highest BCUT2D eigenvalue weighted by Crippen LogP contribution is 2.26. The monoisotopic (exact) mass is 263 g/mol. The number of halogens is 1. The van der Waals surface area contributed by atoms with E-state index in [1.165, 1.54) is 12.8 Å². The molecule has 4 heteroatoms. The zero-order chi connectivity index (χ0) is 13.0. The van der Waals surface area contributed by atoms with Gasteiger partial charge in [0.2, 0.25) is 0 Å². The van der Waals surface area contributed by atoms with E-state index in [1.807, 2.05) is 6.07 Å². The molecule has 2 rings (SSSR count). The molecule has 1 saturated carbocycles. The number of benzene rings is 1. The van der Waals surface area contributed by atoms with Gasteiger partial charge in [-0.1, -0.05) is 18.5 Å². The Hall–Kier alpha value is -1.24. The highest BCUT2D eigenvalue weighted by molar-refractivity contribution is 6.33. The molecule has 0 spiro atoms. The van der Waals surface area contributed by atoms with E-state index < -0.39 is 0 Å². The van der Waals surface area contributed by atoms with Crippen molar-refractivity contribution < 1.29 is 0 Å². The summed E-state index contributed by atoms with van der Waals surface area (Å²) in [6, 6.07) is 8.23. The predicted octanol–water partition coefficient (Wildman–Crippen LogP) is 3.11. The lowest BCUT2D eigenvalue weighted by molar-refractivity contribution is 0.289. The number of nitrogens with one attached hydrogen (secondary N) is 1. The van der Waals surface area contributed by atoms with Crippen molar-refractivity contribution in [1.82, 2.24) is 4.90 Å². The van der Waals surface area contributed by atoms with Gasteiger partial charge in [-0.2, -0.15) is 5.26 Å². The molecule has 0 atom stereocenters. The van der Waals surface area contributed by atoms with Crippen LogP contribution in [0.5, 0.6) is 0 Å². The number of likely N-dealkylation sites (N-methyl/N-ethyl adjacent to an activating group) is 1. The van der Waals surface area contributed by atoms with E-state index in [9.17, 15) is 0 Å². The summed E-state index contributed by atoms with van der Waals surface area (Å²) in [5.74, 6) is 0. The molecule has 0 aliphatic heterocycles. The van der Waals surface area contributed by atoms with Gasteiger partial charge in [0.25, 0.3) is 0 Å². The molecule has 0 heterocycles. The van der Waals surface area contributed by atoms with Crippen molar-refractivity contribution >= 4 is 17.3 Å². The molecule has 0 bridgehead atoms. The number of nitrogens with zero attached hydrogens (tertiary/aromatic N) is 2. The lowest BCUT2D eigenvalue weighted by atomic mass is 10.2. The van der Waals surface area contributed by atoms with Gasteiger partial charge in [0.15, 0.2) is 0 Å². The molecule has 1 aromatic carbocycles. The molecule has 0 radical (unpaired) electrons. The first-order valence-corrected chi connectivity index (χ1v) is 6.80. The molecule has 1 fully saturated rings. The molecule has 1 aliphatic rings. The topological polar surface area (TPSA) is 39.1 Å². The van der Waals surface area contributed by atoms with E-state index in [0.29, 0.717) is 10.6 Å². The molecule has 1 aliphatic carbocycles. The van der Waals surface area contributed by atoms with Crippen molar-refractivity contribution in [2.24, 2.45) is 0 Å². The van der Waals surface area contributed by atoms with Gasteiger partial charge in [0, 0.05) is 19.1 Å². The third-order valence-electron chi connectivity index (χ3n) is 3.28. The van der Waals surface area contributed by atoms with Crippen molar-refractivity contribution in [3.8, 4) is 6.07 Å². The Labute approximate surface area is 113 Å². The van der Waals surface area contributed by atoms with Crippen molar-refractivity contribution in [2.75, 3.05) is 25.0 Å². The minimum Gasteiger partial charge on any atom is -0.383 e. The summed E-state index contributed by atoms with van der Waals surface area (Å²) in [5.41, 5.74) is 1.50. The van der Waals surface area contributed by atoms with Crippen LogP contribution in [0, 0.1) is 11.3 Å². The first-order valence-electron chi connectivity index (χ1n) is 6.42. The summed E-state index contributed by atoms with van der Waals surface area (Å²) < 4.78 is 0. The van der Waals surface area contributed by atoms with Gasteiger partial charge in [-0.15, -0.1) is 0 Å². The van der Waals surface area contributed by atoms with Crippen LogP contribution >= 0.6 is 11.6 Å². The van der Waals surface area contributed by atoms with E-state index in [0.717, 1.165) is 31.4 Å². The summed E-state index contributed by atoms with van der Waals surface area (Å²) in [5, 5.41) is 12.7. The minimum atomic E-state index is 0.596. The van der Waals surface area contributed by atoms with Crippen LogP contribution in [-0.2, 0) is 0 Å². The van der Waals surface area contributed by atoms with Gasteiger partial charge in [0.1, 0.15) is 0 Å². The van der Waals surface area contributed by atoms with Gasteiger partial charge >= 0.3 is 0 Å². The lowest BCUT2D eigenvalue weighted by Gasteiger charge is -2.20. The lowest BCUT2D eigenvalue weighted by Crippen LogP contribution is -2.30. The first kappa shape index (κ1) is 13.2. The fourth-order valence-electron chi connectivity index (χ4n) is 2.10. The second kappa shape index (κ2) is 6.08. The highest BCUT2D eigenvalue weighted by Gasteiger charge is 2.27. The molecule has 0 aromatic heterocycles. The van der Waals surface area contributed by atoms with Crippen LogP contribution < -0.4 is 5.32 Å². The summed E-state index contributed by atoms with van der Waals surface area (Å²) >= 11 is 6.11. The Morgan fingerprint density at radius 1 is 1.50 bits per heavy atom. The number of rotatable bonds is 6. The maximum Gasteiger partial charge on any atom is 0.0992 e. The number of hydrogen-bond donors (Lipinski definition) is 1. The Kier molecular flexibility index (Phi) is 4.46. The quantitative estimate of drug-likeness (QED) is 0.857. The zero-order valence-corrected chi connectivity index (χ0v) is 11.4. The number of nitriles is 1. The Bertz CT molecular complexity index is 449. The maximum absolute atomic E-state index is 8.77. The molecule has 18 heavy (non-hydrogen) atoms. The van der Waals surface area contributed by atoms with Crippen LogP contribution in [0.25, 0.3) is 0 Å². The Balaban J connectivity index is 1.84. The normalized spacial score (nSPS) is 14.6. The number of hydrogen-bond acceptors (Lipinski definition) is 3. The van der Waals surface area contributed by atoms with Gasteiger partial charge in [0.05, 0.1) is 22.3 Å². The van der Waals surface area contributed by atoms with Crippen molar-refractivity contribution in [1.29, 1.82) is 5.26 Å². The van der Waals surface area contributed by atoms with Gasteiger partial charge in [-0.05, 0) is 37.6 Å². The van der Waals surface area contributed by atoms with Crippen LogP contribution in [0.2, 0.25) is 5.02 Å². The van der Waals surface area contributed by atoms with Crippen LogP contribution in [0.4, 0.5) is 5.69 Å². The summed E-state index contributed by atoms with van der Waals surface area (Å²) in [4.78, 5) is 2.49. The Morgan fingerprint density at radius 3 is 2.83 bits per heavy atom. The van der Waals surface area contributed by atoms with E-state index in [2.05, 4.69) is 23.2 Å². The highest BCUT2D eigenvalue weighted by atomic mass is 35.5. The minimum absolute atomic E-state index is 0.596. The summed E-state index contributed by atoms with van der Waals surface area (Å²) in [7, 11) is 0. The second-order valence-electron chi connectivity index (χ2n) is 4.59. The van der Waals surface area contributed by atoms with Crippen molar-refractivity contribution in [3.63, 3.8) is 0 Å². The molecule has 0 amide bonds. The van der Waals surface area contributed by atoms with Gasteiger partial charge in [-0.3, -0.25) is 4.90 Å². The van der Waals surface area contributed by atoms with E-state index in [-0.39, 0.29) is 0 Å². The van der Waals surface area contributed by atoms with E-state index >= 15 is 0 Å². The Morgan fingerprint density at radius 2 is 2.28 bits per heavy atom. The standard InChI is InChI=1S/C14H18ClN3/c1-2-18(12-4-5-12)8-7-17-14-6-3-11(10-16)9-13(14)15/h3,6,9,12,17H,2,4-5,7-8H2,1H3. The van der Waals surface area contributed by atoms with E-state index in [4.69, 9.17) is 16.9 Å². The zero-order valence-electron chi connectivity index (χ0n) is 10.6. The van der Waals surface area contributed by atoms with Gasteiger partial charge in [-0.25, -0.2) is 0 Å². The summed E-state index contributed by atoms with van der Waals surface area (Å²) in [6.07, 6.45) is 2.68. The molecule has 96 valence electrons. The van der Waals surface area contributed by atoms with Crippen molar-refractivity contribution in [2.45, 2.75) is 25.8 Å². The van der Waals surface area contributed by atoms with Crippen LogP contribution in [-0.4, -0.2) is 30.6 Å². The largest absolute Gasteiger partial charge is 0.383 e. The average Bonchev–Trinajstić information content (AvgIpc) is 3.20. The smallest absolute Gasteiger partial charge is 0.0992 e. The van der Waals surface area contributed by atoms with Crippen molar-refractivity contribution in [3.05, 3.63) is 28.8 Å². The molecule has 1 aromatic rings. The molecule has 3 nitrogen and oxygen atoms in total. The molecule has 1 N–H and O–H groups in total. The maximum atomic E-state index is 8.77. The SMILES string of the molecule is CCN(CCNc1ccc(C#N)cc1Cl)C1CC1. The van der Waals surface area contributed by atoms with Crippen LogP contribution in [0.1, 0.15) is 25.3 Å². The molecular formula is C14H18ClN3. The first-order chi connectivity index (χ1) is 8.74. The third kappa shape index (κ3) is 3.38. The third-order valence-corrected chi connectivity index (χ3v) is 3.59. The van der Waals surface area contributed by atoms with Crippen LogP contribution in [0.15, 0.2) is 18.2 Å². The molecular weight excluding hydrogens is 246 g/mol. The average molecular weight is 264 g/mol.